The third kappa shape index (κ3) is 3.54. The average molecular weight is 380 g/mol. The van der Waals surface area contributed by atoms with Gasteiger partial charge in [-0.3, -0.25) is 4.79 Å². The molecule has 1 unspecified atom stereocenters. The number of benzene rings is 1. The summed E-state index contributed by atoms with van der Waals surface area (Å²) in [5.41, 5.74) is 5.79. The van der Waals surface area contributed by atoms with Crippen LogP contribution in [0.4, 0.5) is 5.69 Å². The molecule has 1 aromatic carbocycles. The topological polar surface area (TPSA) is 92.4 Å². The van der Waals surface area contributed by atoms with Crippen molar-refractivity contribution in [2.24, 2.45) is 5.73 Å². The van der Waals surface area contributed by atoms with Gasteiger partial charge in [0.05, 0.1) is 17.3 Å². The summed E-state index contributed by atoms with van der Waals surface area (Å²) < 4.78 is 1.08. The van der Waals surface area contributed by atoms with Gasteiger partial charge in [-0.05, 0) is 34.5 Å². The number of aromatic carboxylic acids is 1. The summed E-state index contributed by atoms with van der Waals surface area (Å²) >= 11 is 6.41. The maximum Gasteiger partial charge on any atom is 0.337 e. The number of rotatable bonds is 4. The van der Waals surface area contributed by atoms with Crippen molar-refractivity contribution in [1.29, 1.82) is 0 Å². The molecule has 0 heterocycles. The number of amides is 1. The second-order valence-electron chi connectivity index (χ2n) is 3.62. The van der Waals surface area contributed by atoms with Crippen molar-refractivity contribution >= 4 is 49.4 Å². The number of halogens is 2. The van der Waals surface area contributed by atoms with Crippen LogP contribution in [0.15, 0.2) is 21.1 Å². The van der Waals surface area contributed by atoms with Gasteiger partial charge in [0.2, 0.25) is 5.91 Å². The monoisotopic (exact) mass is 378 g/mol. The van der Waals surface area contributed by atoms with E-state index < -0.39 is 17.9 Å². The molecule has 1 atom stereocenters. The van der Waals surface area contributed by atoms with E-state index in [2.05, 4.69) is 37.2 Å². The van der Waals surface area contributed by atoms with Gasteiger partial charge in [0, 0.05) is 8.95 Å². The molecule has 0 saturated heterocycles. The minimum atomic E-state index is -1.13. The number of anilines is 1. The fourth-order valence-corrected chi connectivity index (χ4v) is 2.59. The van der Waals surface area contributed by atoms with Crippen molar-refractivity contribution in [3.63, 3.8) is 0 Å². The van der Waals surface area contributed by atoms with Crippen molar-refractivity contribution in [3.8, 4) is 0 Å². The molecule has 7 heteroatoms. The zero-order valence-corrected chi connectivity index (χ0v) is 12.7. The lowest BCUT2D eigenvalue weighted by molar-refractivity contribution is -0.117. The molecule has 0 radical (unpaired) electrons. The number of carbonyl (C=O) groups is 2. The highest BCUT2D eigenvalue weighted by atomic mass is 79.9. The second-order valence-corrected chi connectivity index (χ2v) is 5.39. The number of carboxylic acids is 1. The molecular formula is C11H12Br2N2O3. The standard InChI is InChI=1S/C11H12Br2N2O3/c1-2-8(14)10(16)15-9-6(11(17)18)3-5(12)4-7(9)13/h3-4,8H,2,14H2,1H3,(H,15,16)(H,17,18). The first-order valence-electron chi connectivity index (χ1n) is 5.15. The van der Waals surface area contributed by atoms with Gasteiger partial charge in [-0.2, -0.15) is 0 Å². The molecule has 0 aromatic heterocycles. The van der Waals surface area contributed by atoms with E-state index in [4.69, 9.17) is 10.8 Å². The van der Waals surface area contributed by atoms with E-state index in [9.17, 15) is 9.59 Å². The van der Waals surface area contributed by atoms with Crippen LogP contribution in [0.3, 0.4) is 0 Å². The third-order valence-electron chi connectivity index (χ3n) is 2.31. The Morgan fingerprint density at radius 3 is 2.56 bits per heavy atom. The number of carboxylic acid groups (broad SMARTS) is 1. The van der Waals surface area contributed by atoms with Crippen molar-refractivity contribution in [2.45, 2.75) is 19.4 Å². The Labute approximate surface area is 121 Å². The Morgan fingerprint density at radius 1 is 1.44 bits per heavy atom. The van der Waals surface area contributed by atoms with Crippen LogP contribution in [0.2, 0.25) is 0 Å². The zero-order valence-electron chi connectivity index (χ0n) is 9.54. The maximum absolute atomic E-state index is 11.7. The summed E-state index contributed by atoms with van der Waals surface area (Å²) in [6.45, 7) is 1.78. The van der Waals surface area contributed by atoms with Crippen LogP contribution >= 0.6 is 31.9 Å². The quantitative estimate of drug-likeness (QED) is 0.749. The van der Waals surface area contributed by atoms with Crippen molar-refractivity contribution in [1.82, 2.24) is 0 Å². The highest BCUT2D eigenvalue weighted by Crippen LogP contribution is 2.31. The maximum atomic E-state index is 11.7. The minimum Gasteiger partial charge on any atom is -0.478 e. The van der Waals surface area contributed by atoms with Crippen LogP contribution in [0.1, 0.15) is 23.7 Å². The fourth-order valence-electron chi connectivity index (χ4n) is 1.27. The first kappa shape index (κ1) is 15.1. The van der Waals surface area contributed by atoms with Crippen molar-refractivity contribution < 1.29 is 14.7 Å². The Kier molecular flexibility index (Phi) is 5.30. The molecule has 0 aliphatic heterocycles. The Bertz CT molecular complexity index is 491. The fraction of sp³-hybridized carbons (Fsp3) is 0.273. The van der Waals surface area contributed by atoms with E-state index in [0.29, 0.717) is 15.4 Å². The van der Waals surface area contributed by atoms with Crippen LogP contribution in [-0.4, -0.2) is 23.0 Å². The number of nitrogens with one attached hydrogen (secondary N) is 1. The highest BCUT2D eigenvalue weighted by Gasteiger charge is 2.19. The van der Waals surface area contributed by atoms with Gasteiger partial charge in [-0.15, -0.1) is 0 Å². The lowest BCUT2D eigenvalue weighted by atomic mass is 10.1. The summed E-state index contributed by atoms with van der Waals surface area (Å²) in [4.78, 5) is 22.8. The summed E-state index contributed by atoms with van der Waals surface area (Å²) in [7, 11) is 0. The van der Waals surface area contributed by atoms with E-state index in [1.165, 1.54) is 6.07 Å². The Hall–Kier alpha value is -0.920. The summed E-state index contributed by atoms with van der Waals surface area (Å²) in [6, 6.07) is 2.40. The lowest BCUT2D eigenvalue weighted by Crippen LogP contribution is -2.35. The van der Waals surface area contributed by atoms with E-state index in [-0.39, 0.29) is 11.3 Å². The molecule has 1 rings (SSSR count). The third-order valence-corrected chi connectivity index (χ3v) is 3.39. The lowest BCUT2D eigenvalue weighted by Gasteiger charge is -2.14. The van der Waals surface area contributed by atoms with Gasteiger partial charge < -0.3 is 16.2 Å². The van der Waals surface area contributed by atoms with Gasteiger partial charge >= 0.3 is 5.97 Å². The summed E-state index contributed by atoms with van der Waals surface area (Å²) in [5.74, 6) is -1.54. The molecule has 98 valence electrons. The number of nitrogens with two attached hydrogens (primary N) is 1. The summed E-state index contributed by atoms with van der Waals surface area (Å²) in [5, 5.41) is 11.6. The number of hydrogen-bond donors (Lipinski definition) is 3. The van der Waals surface area contributed by atoms with Crippen molar-refractivity contribution in [3.05, 3.63) is 26.6 Å². The van der Waals surface area contributed by atoms with Crippen LogP contribution < -0.4 is 11.1 Å². The minimum absolute atomic E-state index is 0.00657. The normalized spacial score (nSPS) is 12.0. The number of hydrogen-bond acceptors (Lipinski definition) is 3. The summed E-state index contributed by atoms with van der Waals surface area (Å²) in [6.07, 6.45) is 0.475. The molecule has 0 fully saturated rings. The predicted octanol–water partition coefficient (Wildman–Crippen LogP) is 2.59. The molecule has 1 amide bonds. The van der Waals surface area contributed by atoms with Gasteiger partial charge in [0.15, 0.2) is 0 Å². The SMILES string of the molecule is CCC(N)C(=O)Nc1c(Br)cc(Br)cc1C(=O)O. The van der Waals surface area contributed by atoms with Crippen LogP contribution in [-0.2, 0) is 4.79 Å². The predicted molar refractivity (Wildman–Crippen MR) is 75.7 cm³/mol. The van der Waals surface area contributed by atoms with Crippen molar-refractivity contribution in [2.75, 3.05) is 5.32 Å². The molecule has 0 bridgehead atoms. The van der Waals surface area contributed by atoms with Gasteiger partial charge in [-0.1, -0.05) is 22.9 Å². The molecule has 0 aliphatic rings. The molecule has 18 heavy (non-hydrogen) atoms. The Balaban J connectivity index is 3.15. The van der Waals surface area contributed by atoms with E-state index in [0.717, 1.165) is 0 Å². The first-order chi connectivity index (χ1) is 8.36. The largest absolute Gasteiger partial charge is 0.478 e. The highest BCUT2D eigenvalue weighted by molar-refractivity contribution is 9.11. The zero-order chi connectivity index (χ0) is 13.9. The number of carbonyl (C=O) groups excluding carboxylic acids is 1. The van der Waals surface area contributed by atoms with Crippen LogP contribution in [0.25, 0.3) is 0 Å². The van der Waals surface area contributed by atoms with Gasteiger partial charge in [0.25, 0.3) is 0 Å². The van der Waals surface area contributed by atoms with Crippen LogP contribution in [0, 0.1) is 0 Å². The molecule has 0 spiro atoms. The smallest absolute Gasteiger partial charge is 0.337 e. The van der Waals surface area contributed by atoms with Gasteiger partial charge in [0.1, 0.15) is 0 Å². The molecule has 5 nitrogen and oxygen atoms in total. The van der Waals surface area contributed by atoms with E-state index in [1.54, 1.807) is 13.0 Å². The molecular weight excluding hydrogens is 368 g/mol. The van der Waals surface area contributed by atoms with Crippen LogP contribution in [0.5, 0.6) is 0 Å². The van der Waals surface area contributed by atoms with E-state index >= 15 is 0 Å². The molecule has 0 aliphatic carbocycles. The molecule has 0 saturated carbocycles. The first-order valence-corrected chi connectivity index (χ1v) is 6.74. The molecule has 4 N–H and O–H groups in total. The second kappa shape index (κ2) is 6.31. The molecule has 1 aromatic rings. The Morgan fingerprint density at radius 2 is 2.06 bits per heavy atom. The average Bonchev–Trinajstić information content (AvgIpc) is 2.30. The van der Waals surface area contributed by atoms with E-state index in [1.807, 2.05) is 0 Å². The van der Waals surface area contributed by atoms with Gasteiger partial charge in [-0.25, -0.2) is 4.79 Å².